The van der Waals surface area contributed by atoms with E-state index in [1.807, 2.05) is 42.5 Å². The molecule has 292 valence electrons. The molecule has 0 spiro atoms. The second-order valence-electron chi connectivity index (χ2n) is 15.5. The van der Waals surface area contributed by atoms with Crippen molar-refractivity contribution >= 4 is 49.3 Å². The Morgan fingerprint density at radius 1 is 0.387 bits per heavy atom. The molecule has 62 heavy (non-hydrogen) atoms. The highest BCUT2D eigenvalue weighted by molar-refractivity contribution is 6.09. The Bertz CT molecular complexity index is 3400. The third kappa shape index (κ3) is 6.06. The van der Waals surface area contributed by atoms with Crippen LogP contribution < -0.4 is 5.32 Å². The average Bonchev–Trinajstić information content (AvgIpc) is 3.87. The number of benzene rings is 6. The first-order valence-electron chi connectivity index (χ1n) is 20.8. The predicted molar refractivity (Wildman–Crippen MR) is 252 cm³/mol. The van der Waals surface area contributed by atoms with Crippen LogP contribution in [0.15, 0.2) is 212 Å². The van der Waals surface area contributed by atoms with E-state index in [0.717, 1.165) is 78.7 Å². The smallest absolute Gasteiger partial charge is 0.160 e. The van der Waals surface area contributed by atoms with Gasteiger partial charge in [-0.15, -0.1) is 0 Å². The van der Waals surface area contributed by atoms with Crippen molar-refractivity contribution in [1.29, 1.82) is 0 Å². The normalized spacial score (nSPS) is 13.8. The van der Waals surface area contributed by atoms with Gasteiger partial charge in [0.05, 0.1) is 56.2 Å². The zero-order valence-corrected chi connectivity index (χ0v) is 33.5. The van der Waals surface area contributed by atoms with E-state index < -0.39 is 0 Å². The van der Waals surface area contributed by atoms with Crippen molar-refractivity contribution < 1.29 is 0 Å². The summed E-state index contributed by atoms with van der Waals surface area (Å²) in [4.78, 5) is 21.1. The van der Waals surface area contributed by atoms with Crippen LogP contribution in [0.4, 0.5) is 0 Å². The van der Waals surface area contributed by atoms with Gasteiger partial charge in [0.1, 0.15) is 12.0 Å². The van der Waals surface area contributed by atoms with E-state index in [-0.39, 0.29) is 6.17 Å². The largest absolute Gasteiger partial charge is 0.360 e. The number of hydrogen-bond acceptors (Lipinski definition) is 5. The fourth-order valence-corrected chi connectivity index (χ4v) is 8.95. The van der Waals surface area contributed by atoms with Crippen LogP contribution in [0.1, 0.15) is 11.9 Å². The van der Waals surface area contributed by atoms with Crippen LogP contribution in [-0.2, 0) is 0 Å². The lowest BCUT2D eigenvalue weighted by Gasteiger charge is -2.25. The number of rotatable bonds is 7. The van der Waals surface area contributed by atoms with Gasteiger partial charge in [-0.2, -0.15) is 0 Å². The molecule has 6 heterocycles. The average molecular weight is 796 g/mol. The lowest BCUT2D eigenvalue weighted by atomic mass is 10.0. The minimum absolute atomic E-state index is 0.168. The fraction of sp³-hybridized carbons (Fsp3) is 0.0182. The standard InChI is InChI=1S/C55H37N7/c1-3-17-36(18-4-1)45-35-46(60-55(59-45)37-19-5-2-6-20-37)38-33-47(43-25-15-31-53(57-43)61-49-27-11-7-21-39(49)40-22-8-12-28-50(40)61)56-48(34-38)44-26-16-32-54(58-44)62-51-29-13-9-23-41(51)42-24-10-14-30-52(42)62/h1-35,53,57H. The summed E-state index contributed by atoms with van der Waals surface area (Å²) < 4.78 is 4.62. The number of fused-ring (bicyclic) bond motifs is 6. The van der Waals surface area contributed by atoms with Gasteiger partial charge in [0.25, 0.3) is 0 Å². The molecular formula is C55H37N7. The van der Waals surface area contributed by atoms with Crippen molar-refractivity contribution in [3.63, 3.8) is 0 Å². The van der Waals surface area contributed by atoms with Crippen molar-refractivity contribution in [1.82, 2.24) is 34.4 Å². The molecule has 11 aromatic rings. The van der Waals surface area contributed by atoms with Crippen LogP contribution in [0, 0.1) is 0 Å². The highest BCUT2D eigenvalue weighted by Crippen LogP contribution is 2.36. The summed E-state index contributed by atoms with van der Waals surface area (Å²) in [5.74, 6) is 1.47. The highest BCUT2D eigenvalue weighted by Gasteiger charge is 2.22. The number of hydrogen-bond donors (Lipinski definition) is 1. The van der Waals surface area contributed by atoms with Gasteiger partial charge in [-0.05, 0) is 66.7 Å². The second kappa shape index (κ2) is 14.7. The molecule has 0 bridgehead atoms. The Hall–Kier alpha value is -8.42. The number of nitrogens with one attached hydrogen (secondary N) is 1. The van der Waals surface area contributed by atoms with Crippen molar-refractivity contribution in [2.24, 2.45) is 0 Å². The van der Waals surface area contributed by atoms with E-state index in [1.54, 1.807) is 0 Å². The minimum Gasteiger partial charge on any atom is -0.360 e. The Morgan fingerprint density at radius 3 is 1.56 bits per heavy atom. The molecule has 0 fully saturated rings. The lowest BCUT2D eigenvalue weighted by Crippen LogP contribution is -2.26. The van der Waals surface area contributed by atoms with Crippen LogP contribution in [0.3, 0.4) is 0 Å². The monoisotopic (exact) mass is 795 g/mol. The van der Waals surface area contributed by atoms with E-state index in [9.17, 15) is 0 Å². The Labute approximate surface area is 357 Å². The molecule has 0 saturated carbocycles. The van der Waals surface area contributed by atoms with Gasteiger partial charge >= 0.3 is 0 Å². The predicted octanol–water partition coefficient (Wildman–Crippen LogP) is 12.8. The van der Waals surface area contributed by atoms with E-state index in [4.69, 9.17) is 19.9 Å². The van der Waals surface area contributed by atoms with E-state index in [2.05, 4.69) is 184 Å². The van der Waals surface area contributed by atoms with Crippen LogP contribution in [0.5, 0.6) is 0 Å². The number of nitrogens with zero attached hydrogens (tertiary/aromatic N) is 6. The van der Waals surface area contributed by atoms with Gasteiger partial charge in [-0.3, -0.25) is 4.57 Å². The Balaban J connectivity index is 1.04. The van der Waals surface area contributed by atoms with Crippen LogP contribution in [-0.4, -0.2) is 29.1 Å². The third-order valence-corrected chi connectivity index (χ3v) is 11.8. The van der Waals surface area contributed by atoms with Crippen molar-refractivity contribution in [2.45, 2.75) is 6.17 Å². The zero-order valence-electron chi connectivity index (χ0n) is 33.5. The van der Waals surface area contributed by atoms with Crippen LogP contribution in [0.2, 0.25) is 0 Å². The summed E-state index contributed by atoms with van der Waals surface area (Å²) in [5.41, 5.74) is 12.1. The molecule has 0 radical (unpaired) electrons. The summed E-state index contributed by atoms with van der Waals surface area (Å²) in [6.45, 7) is 0. The molecule has 5 aromatic heterocycles. The van der Waals surface area contributed by atoms with Gasteiger partial charge < -0.3 is 9.88 Å². The maximum atomic E-state index is 5.41. The first-order valence-corrected chi connectivity index (χ1v) is 20.8. The van der Waals surface area contributed by atoms with Crippen LogP contribution in [0.25, 0.3) is 100 Å². The molecule has 1 unspecified atom stereocenters. The molecule has 0 amide bonds. The summed E-state index contributed by atoms with van der Waals surface area (Å²) in [6.07, 6.45) is 6.26. The first-order chi connectivity index (χ1) is 30.7. The molecule has 0 saturated heterocycles. The lowest BCUT2D eigenvalue weighted by molar-refractivity contribution is 0.588. The molecule has 7 heteroatoms. The second-order valence-corrected chi connectivity index (χ2v) is 15.5. The molecule has 0 aliphatic carbocycles. The SMILES string of the molecule is C1=CC(n2c3ccccc3c3ccccc32)NC(c2cc(-c3cc(-c4ccccc4)nc(-c4ccccc4)n3)cc(-c3cccc(-n4c5ccccc5c5ccccc54)n3)n2)=C1. The molecule has 6 aromatic carbocycles. The number of aromatic nitrogens is 6. The number of para-hydroxylation sites is 4. The van der Waals surface area contributed by atoms with E-state index in [1.165, 1.54) is 21.5 Å². The summed E-state index contributed by atoms with van der Waals surface area (Å²) >= 11 is 0. The summed E-state index contributed by atoms with van der Waals surface area (Å²) in [7, 11) is 0. The molecular weight excluding hydrogens is 759 g/mol. The Kier molecular flexibility index (Phi) is 8.42. The van der Waals surface area contributed by atoms with E-state index in [0.29, 0.717) is 5.82 Å². The third-order valence-electron chi connectivity index (χ3n) is 11.8. The van der Waals surface area contributed by atoms with Gasteiger partial charge in [-0.25, -0.2) is 19.9 Å². The van der Waals surface area contributed by atoms with Crippen molar-refractivity contribution in [3.05, 3.63) is 218 Å². The molecule has 1 N–H and O–H groups in total. The number of allylic oxidation sites excluding steroid dienone is 2. The molecule has 12 rings (SSSR count). The Morgan fingerprint density at radius 2 is 0.919 bits per heavy atom. The zero-order chi connectivity index (χ0) is 41.0. The molecule has 7 nitrogen and oxygen atoms in total. The molecule has 1 aliphatic heterocycles. The topological polar surface area (TPSA) is 73.5 Å². The van der Waals surface area contributed by atoms with Crippen molar-refractivity contribution in [2.75, 3.05) is 0 Å². The fourth-order valence-electron chi connectivity index (χ4n) is 8.95. The number of dihydropyridines is 1. The van der Waals surface area contributed by atoms with Crippen LogP contribution >= 0.6 is 0 Å². The maximum Gasteiger partial charge on any atom is 0.160 e. The van der Waals surface area contributed by atoms with Gasteiger partial charge in [0, 0.05) is 38.2 Å². The van der Waals surface area contributed by atoms with Gasteiger partial charge in [0.15, 0.2) is 5.82 Å². The summed E-state index contributed by atoms with van der Waals surface area (Å²) in [6, 6.07) is 67.2. The van der Waals surface area contributed by atoms with Crippen molar-refractivity contribution in [3.8, 4) is 51.1 Å². The van der Waals surface area contributed by atoms with E-state index >= 15 is 0 Å². The highest BCUT2D eigenvalue weighted by atomic mass is 15.2. The molecule has 1 aliphatic rings. The van der Waals surface area contributed by atoms with Gasteiger partial charge in [-0.1, -0.05) is 146 Å². The van der Waals surface area contributed by atoms with Gasteiger partial charge in [0.2, 0.25) is 0 Å². The number of pyridine rings is 2. The molecule has 1 atom stereocenters. The summed E-state index contributed by atoms with van der Waals surface area (Å²) in [5, 5.41) is 8.69. The maximum absolute atomic E-state index is 5.41. The minimum atomic E-state index is -0.168. The quantitative estimate of drug-likeness (QED) is 0.174. The first kappa shape index (κ1) is 35.5.